The Bertz CT molecular complexity index is 919. The lowest BCUT2D eigenvalue weighted by atomic mass is 10.0. The van der Waals surface area contributed by atoms with Crippen molar-refractivity contribution in [2.45, 2.75) is 19.1 Å². The second-order valence-corrected chi connectivity index (χ2v) is 5.81. The van der Waals surface area contributed by atoms with Crippen LogP contribution in [0.2, 0.25) is 0 Å². The first-order chi connectivity index (χ1) is 11.2. The lowest BCUT2D eigenvalue weighted by molar-refractivity contribution is 0.171. The zero-order valence-electron chi connectivity index (χ0n) is 12.6. The van der Waals surface area contributed by atoms with Crippen molar-refractivity contribution < 1.29 is 5.11 Å². The molecule has 1 aromatic carbocycles. The molecular formula is C18H17N3O2. The minimum atomic E-state index is -0.474. The number of hydrogen-bond donors (Lipinski definition) is 1. The summed E-state index contributed by atoms with van der Waals surface area (Å²) in [7, 11) is 0. The number of benzene rings is 1. The maximum absolute atomic E-state index is 12.3. The summed E-state index contributed by atoms with van der Waals surface area (Å²) in [5.74, 6) is 0.658. The second kappa shape index (κ2) is 5.52. The Labute approximate surface area is 133 Å². The van der Waals surface area contributed by atoms with Crippen LogP contribution in [0.1, 0.15) is 23.7 Å². The molecule has 3 heterocycles. The second-order valence-electron chi connectivity index (χ2n) is 5.81. The van der Waals surface area contributed by atoms with E-state index in [9.17, 15) is 9.90 Å². The summed E-state index contributed by atoms with van der Waals surface area (Å²) in [6.07, 6.45) is 1.86. The zero-order valence-corrected chi connectivity index (χ0v) is 12.6. The lowest BCUT2D eigenvalue weighted by Gasteiger charge is -2.22. The van der Waals surface area contributed by atoms with E-state index in [2.05, 4.69) is 9.88 Å². The van der Waals surface area contributed by atoms with Crippen LogP contribution in [0.5, 0.6) is 0 Å². The third-order valence-electron chi connectivity index (χ3n) is 4.33. The zero-order chi connectivity index (χ0) is 15.8. The normalized spacial score (nSPS) is 17.8. The summed E-state index contributed by atoms with van der Waals surface area (Å²) in [5, 5.41) is 10.3. The predicted molar refractivity (Wildman–Crippen MR) is 88.5 cm³/mol. The molecule has 0 spiro atoms. The number of aromatic nitrogens is 2. The molecule has 1 aliphatic heterocycles. The standard InChI is InChI=1S/C18H17N3O2/c22-15-8-10-20(12-13-5-1-2-6-14(13)15)17-11-18(23)21-9-4-3-7-16(21)19-17/h1-7,9,11,15,22H,8,10,12H2. The fraction of sp³-hybridized carbons (Fsp3) is 0.222. The maximum Gasteiger partial charge on any atom is 0.259 e. The number of pyridine rings is 1. The Balaban J connectivity index is 1.78. The van der Waals surface area contributed by atoms with Crippen LogP contribution in [0.15, 0.2) is 59.5 Å². The largest absolute Gasteiger partial charge is 0.388 e. The van der Waals surface area contributed by atoms with Gasteiger partial charge in [0.05, 0.1) is 6.10 Å². The van der Waals surface area contributed by atoms with Gasteiger partial charge in [0.2, 0.25) is 0 Å². The number of hydrogen-bond acceptors (Lipinski definition) is 4. The number of anilines is 1. The van der Waals surface area contributed by atoms with Crippen molar-refractivity contribution in [2.24, 2.45) is 0 Å². The van der Waals surface area contributed by atoms with E-state index in [0.717, 1.165) is 11.1 Å². The van der Waals surface area contributed by atoms with E-state index in [0.29, 0.717) is 31.0 Å². The molecule has 1 unspecified atom stereocenters. The third-order valence-corrected chi connectivity index (χ3v) is 4.33. The number of aliphatic hydroxyl groups is 1. The van der Waals surface area contributed by atoms with E-state index < -0.39 is 6.10 Å². The summed E-state index contributed by atoms with van der Waals surface area (Å²) in [6.45, 7) is 1.30. The van der Waals surface area contributed by atoms with Crippen molar-refractivity contribution in [1.82, 2.24) is 9.38 Å². The number of fused-ring (bicyclic) bond motifs is 2. The average Bonchev–Trinajstić information content (AvgIpc) is 2.75. The van der Waals surface area contributed by atoms with Gasteiger partial charge in [0.15, 0.2) is 0 Å². The molecule has 5 nitrogen and oxygen atoms in total. The number of nitrogens with zero attached hydrogens (tertiary/aromatic N) is 3. The van der Waals surface area contributed by atoms with Gasteiger partial charge < -0.3 is 10.0 Å². The molecular weight excluding hydrogens is 290 g/mol. The van der Waals surface area contributed by atoms with E-state index >= 15 is 0 Å². The van der Waals surface area contributed by atoms with Gasteiger partial charge in [0.1, 0.15) is 11.5 Å². The molecule has 1 aliphatic rings. The Hall–Kier alpha value is -2.66. The van der Waals surface area contributed by atoms with E-state index in [1.807, 2.05) is 42.5 Å². The molecule has 5 heteroatoms. The van der Waals surface area contributed by atoms with Crippen molar-refractivity contribution in [1.29, 1.82) is 0 Å². The van der Waals surface area contributed by atoms with E-state index in [-0.39, 0.29) is 5.56 Å². The lowest BCUT2D eigenvalue weighted by Crippen LogP contribution is -2.26. The van der Waals surface area contributed by atoms with Gasteiger partial charge in [-0.1, -0.05) is 30.3 Å². The fourth-order valence-electron chi connectivity index (χ4n) is 3.12. The highest BCUT2D eigenvalue weighted by Gasteiger charge is 2.21. The SMILES string of the molecule is O=c1cc(N2CCC(O)c3ccccc3C2)nc2ccccn12. The van der Waals surface area contributed by atoms with Crippen molar-refractivity contribution in [3.63, 3.8) is 0 Å². The molecule has 4 rings (SSSR count). The van der Waals surface area contributed by atoms with E-state index in [4.69, 9.17) is 0 Å². The first-order valence-corrected chi connectivity index (χ1v) is 7.71. The Kier molecular flexibility index (Phi) is 3.35. The summed E-state index contributed by atoms with van der Waals surface area (Å²) in [4.78, 5) is 19.0. The topological polar surface area (TPSA) is 57.8 Å². The van der Waals surface area contributed by atoms with Crippen LogP contribution in [-0.4, -0.2) is 21.0 Å². The minimum Gasteiger partial charge on any atom is -0.388 e. The van der Waals surface area contributed by atoms with Gasteiger partial charge >= 0.3 is 0 Å². The Morgan fingerprint density at radius 1 is 1.13 bits per heavy atom. The van der Waals surface area contributed by atoms with Gasteiger partial charge in [-0.25, -0.2) is 4.98 Å². The molecule has 0 fully saturated rings. The van der Waals surface area contributed by atoms with Gasteiger partial charge in [-0.2, -0.15) is 0 Å². The van der Waals surface area contributed by atoms with Gasteiger partial charge in [0.25, 0.3) is 5.56 Å². The molecule has 23 heavy (non-hydrogen) atoms. The summed E-state index contributed by atoms with van der Waals surface area (Å²) < 4.78 is 1.53. The van der Waals surface area contributed by atoms with Gasteiger partial charge in [0, 0.05) is 25.4 Å². The average molecular weight is 307 g/mol. The molecule has 0 radical (unpaired) electrons. The third kappa shape index (κ3) is 2.49. The Morgan fingerprint density at radius 2 is 1.96 bits per heavy atom. The molecule has 0 saturated heterocycles. The summed E-state index contributed by atoms with van der Waals surface area (Å²) >= 11 is 0. The quantitative estimate of drug-likeness (QED) is 0.748. The maximum atomic E-state index is 12.3. The molecule has 1 N–H and O–H groups in total. The smallest absolute Gasteiger partial charge is 0.259 e. The fourth-order valence-corrected chi connectivity index (χ4v) is 3.12. The highest BCUT2D eigenvalue weighted by Crippen LogP contribution is 2.28. The molecule has 3 aromatic rings. The summed E-state index contributed by atoms with van der Waals surface area (Å²) in [5.41, 5.74) is 2.58. The van der Waals surface area contributed by atoms with E-state index in [1.54, 1.807) is 12.3 Å². The monoisotopic (exact) mass is 307 g/mol. The summed E-state index contributed by atoms with van der Waals surface area (Å²) in [6, 6.07) is 15.0. The molecule has 0 amide bonds. The van der Waals surface area contributed by atoms with Crippen LogP contribution in [0.4, 0.5) is 5.82 Å². The first-order valence-electron chi connectivity index (χ1n) is 7.71. The molecule has 0 bridgehead atoms. The first kappa shape index (κ1) is 14.0. The highest BCUT2D eigenvalue weighted by atomic mass is 16.3. The molecule has 1 atom stereocenters. The van der Waals surface area contributed by atoms with Crippen LogP contribution in [0.25, 0.3) is 5.65 Å². The van der Waals surface area contributed by atoms with Crippen molar-refractivity contribution in [2.75, 3.05) is 11.4 Å². The highest BCUT2D eigenvalue weighted by molar-refractivity contribution is 5.49. The van der Waals surface area contributed by atoms with Gasteiger partial charge in [-0.05, 0) is 29.7 Å². The predicted octanol–water partition coefficient (Wildman–Crippen LogP) is 2.14. The van der Waals surface area contributed by atoms with Gasteiger partial charge in [-0.15, -0.1) is 0 Å². The van der Waals surface area contributed by atoms with Crippen molar-refractivity contribution in [3.8, 4) is 0 Å². The van der Waals surface area contributed by atoms with Crippen LogP contribution in [0, 0.1) is 0 Å². The molecule has 0 saturated carbocycles. The molecule has 2 aromatic heterocycles. The number of aliphatic hydroxyl groups excluding tert-OH is 1. The van der Waals surface area contributed by atoms with Crippen LogP contribution < -0.4 is 10.5 Å². The van der Waals surface area contributed by atoms with Crippen LogP contribution in [0.3, 0.4) is 0 Å². The van der Waals surface area contributed by atoms with Crippen LogP contribution >= 0.6 is 0 Å². The minimum absolute atomic E-state index is 0.0938. The number of rotatable bonds is 1. The van der Waals surface area contributed by atoms with E-state index in [1.165, 1.54) is 4.40 Å². The van der Waals surface area contributed by atoms with Gasteiger partial charge in [-0.3, -0.25) is 9.20 Å². The molecule has 116 valence electrons. The Morgan fingerprint density at radius 3 is 2.87 bits per heavy atom. The van der Waals surface area contributed by atoms with Crippen molar-refractivity contribution >= 4 is 11.5 Å². The van der Waals surface area contributed by atoms with Crippen LogP contribution in [-0.2, 0) is 6.54 Å². The molecule has 0 aliphatic carbocycles. The van der Waals surface area contributed by atoms with Crippen molar-refractivity contribution in [3.05, 3.63) is 76.2 Å².